The molecule has 8 heteroatoms. The minimum absolute atomic E-state index is 0.0156. The van der Waals surface area contributed by atoms with Crippen molar-refractivity contribution < 1.29 is 14.7 Å². The summed E-state index contributed by atoms with van der Waals surface area (Å²) in [6.45, 7) is 4.24. The molecule has 1 aromatic heterocycles. The van der Waals surface area contributed by atoms with E-state index in [0.717, 1.165) is 38.1 Å². The van der Waals surface area contributed by atoms with Crippen LogP contribution in [-0.2, 0) is 23.2 Å². The maximum atomic E-state index is 12.9. The van der Waals surface area contributed by atoms with Crippen molar-refractivity contribution >= 4 is 11.8 Å². The zero-order valence-electron chi connectivity index (χ0n) is 15.0. The summed E-state index contributed by atoms with van der Waals surface area (Å²) in [5.74, 6) is 1.86. The first kappa shape index (κ1) is 17.8. The van der Waals surface area contributed by atoms with E-state index in [1.165, 1.54) is 0 Å². The van der Waals surface area contributed by atoms with Gasteiger partial charge in [0, 0.05) is 52.0 Å². The number of likely N-dealkylation sites (tertiary alicyclic amines) is 2. The van der Waals surface area contributed by atoms with Gasteiger partial charge in [0.25, 0.3) is 0 Å². The second kappa shape index (κ2) is 7.51. The normalized spacial score (nSPS) is 22.3. The number of amides is 2. The van der Waals surface area contributed by atoms with E-state index in [1.54, 1.807) is 6.92 Å². The van der Waals surface area contributed by atoms with E-state index in [9.17, 15) is 14.7 Å². The number of carbonyl (C=O) groups is 2. The molecule has 2 amide bonds. The van der Waals surface area contributed by atoms with Crippen LogP contribution in [0.15, 0.2) is 0 Å². The van der Waals surface area contributed by atoms with Crippen molar-refractivity contribution in [2.75, 3.05) is 26.2 Å². The molecule has 2 saturated heterocycles. The van der Waals surface area contributed by atoms with Gasteiger partial charge < -0.3 is 19.5 Å². The second-order valence-electron chi connectivity index (χ2n) is 7.10. The average molecular weight is 349 g/mol. The summed E-state index contributed by atoms with van der Waals surface area (Å²) < 4.78 is 1.84. The number of rotatable bonds is 3. The molecule has 1 unspecified atom stereocenters. The van der Waals surface area contributed by atoms with Crippen molar-refractivity contribution in [1.82, 2.24) is 24.6 Å². The molecule has 0 spiro atoms. The number of aliphatic hydroxyl groups is 1. The minimum atomic E-state index is -0.131. The standard InChI is InChI=1S/C17H27N5O3/c1-12(24)21-8-5-13(6-9-21)17(25)22-7-3-4-14(10-22)16-19-18-15(11-23)20(16)2/h13-14,23H,3-11H2,1-2H3. The van der Waals surface area contributed by atoms with Gasteiger partial charge in [-0.25, -0.2) is 0 Å². The molecule has 1 atom stereocenters. The molecule has 1 N–H and O–H groups in total. The van der Waals surface area contributed by atoms with Gasteiger partial charge in [0.2, 0.25) is 11.8 Å². The fourth-order valence-corrected chi connectivity index (χ4v) is 3.96. The van der Waals surface area contributed by atoms with E-state index in [2.05, 4.69) is 10.2 Å². The first-order valence-electron chi connectivity index (χ1n) is 9.04. The molecule has 2 aliphatic heterocycles. The number of nitrogens with zero attached hydrogens (tertiary/aromatic N) is 5. The molecule has 25 heavy (non-hydrogen) atoms. The molecule has 0 aromatic carbocycles. The summed E-state index contributed by atoms with van der Waals surface area (Å²) in [5, 5.41) is 17.5. The van der Waals surface area contributed by atoms with Crippen molar-refractivity contribution in [2.45, 2.75) is 45.1 Å². The first-order chi connectivity index (χ1) is 12.0. The van der Waals surface area contributed by atoms with Crippen LogP contribution in [0.5, 0.6) is 0 Å². The Labute approximate surface area is 147 Å². The third-order valence-corrected chi connectivity index (χ3v) is 5.53. The fourth-order valence-electron chi connectivity index (χ4n) is 3.96. The third kappa shape index (κ3) is 3.68. The largest absolute Gasteiger partial charge is 0.388 e. The van der Waals surface area contributed by atoms with Crippen LogP contribution >= 0.6 is 0 Å². The number of hydrogen-bond donors (Lipinski definition) is 1. The third-order valence-electron chi connectivity index (χ3n) is 5.53. The van der Waals surface area contributed by atoms with Crippen molar-refractivity contribution in [3.63, 3.8) is 0 Å². The maximum Gasteiger partial charge on any atom is 0.225 e. The van der Waals surface area contributed by atoms with Crippen molar-refractivity contribution in [3.05, 3.63) is 11.6 Å². The molecule has 0 saturated carbocycles. The lowest BCUT2D eigenvalue weighted by Gasteiger charge is -2.37. The van der Waals surface area contributed by atoms with Gasteiger partial charge >= 0.3 is 0 Å². The molecule has 2 fully saturated rings. The highest BCUT2D eigenvalue weighted by molar-refractivity contribution is 5.80. The topological polar surface area (TPSA) is 91.6 Å². The van der Waals surface area contributed by atoms with Crippen LogP contribution in [0.4, 0.5) is 0 Å². The summed E-state index contributed by atoms with van der Waals surface area (Å²) >= 11 is 0. The predicted octanol–water partition coefficient (Wildman–Crippen LogP) is 0.272. The van der Waals surface area contributed by atoms with Crippen molar-refractivity contribution in [3.8, 4) is 0 Å². The van der Waals surface area contributed by atoms with E-state index in [1.807, 2.05) is 21.4 Å². The van der Waals surface area contributed by atoms with Crippen molar-refractivity contribution in [2.24, 2.45) is 13.0 Å². The molecule has 0 radical (unpaired) electrons. The number of carbonyl (C=O) groups excluding carboxylic acids is 2. The van der Waals surface area contributed by atoms with Gasteiger partial charge in [0.1, 0.15) is 12.4 Å². The van der Waals surface area contributed by atoms with Crippen LogP contribution < -0.4 is 0 Å². The Kier molecular flexibility index (Phi) is 5.36. The van der Waals surface area contributed by atoms with Crippen LogP contribution in [-0.4, -0.2) is 67.7 Å². The quantitative estimate of drug-likeness (QED) is 0.846. The van der Waals surface area contributed by atoms with Crippen LogP contribution in [0.2, 0.25) is 0 Å². The molecule has 0 bridgehead atoms. The first-order valence-corrected chi connectivity index (χ1v) is 9.04. The van der Waals surface area contributed by atoms with Gasteiger partial charge in [-0.15, -0.1) is 10.2 Å². The maximum absolute atomic E-state index is 12.9. The van der Waals surface area contributed by atoms with E-state index in [0.29, 0.717) is 25.5 Å². The van der Waals surface area contributed by atoms with E-state index >= 15 is 0 Å². The Bertz CT molecular complexity index is 636. The van der Waals surface area contributed by atoms with Crippen molar-refractivity contribution in [1.29, 1.82) is 0 Å². The molecule has 3 heterocycles. The Morgan fingerprint density at radius 2 is 1.84 bits per heavy atom. The van der Waals surface area contributed by atoms with Gasteiger partial charge in [-0.05, 0) is 25.7 Å². The lowest BCUT2D eigenvalue weighted by atomic mass is 9.92. The average Bonchev–Trinajstić information content (AvgIpc) is 3.02. The molecular weight excluding hydrogens is 322 g/mol. The summed E-state index contributed by atoms with van der Waals surface area (Å²) in [4.78, 5) is 28.1. The zero-order chi connectivity index (χ0) is 18.0. The number of aromatic nitrogens is 3. The van der Waals surface area contributed by atoms with Gasteiger partial charge in [-0.1, -0.05) is 0 Å². The Morgan fingerprint density at radius 3 is 2.44 bits per heavy atom. The molecule has 8 nitrogen and oxygen atoms in total. The monoisotopic (exact) mass is 349 g/mol. The van der Waals surface area contributed by atoms with Gasteiger partial charge in [0.15, 0.2) is 5.82 Å². The number of hydrogen-bond acceptors (Lipinski definition) is 5. The smallest absolute Gasteiger partial charge is 0.225 e. The second-order valence-corrected chi connectivity index (χ2v) is 7.10. The highest BCUT2D eigenvalue weighted by atomic mass is 16.3. The van der Waals surface area contributed by atoms with E-state index in [-0.39, 0.29) is 30.3 Å². The van der Waals surface area contributed by atoms with Crippen LogP contribution in [0.3, 0.4) is 0 Å². The summed E-state index contributed by atoms with van der Waals surface area (Å²) in [6, 6.07) is 0. The Morgan fingerprint density at radius 1 is 1.12 bits per heavy atom. The summed E-state index contributed by atoms with van der Waals surface area (Å²) in [6.07, 6.45) is 3.42. The lowest BCUT2D eigenvalue weighted by molar-refractivity contribution is -0.141. The van der Waals surface area contributed by atoms with Crippen LogP contribution in [0.25, 0.3) is 0 Å². The molecule has 1 aromatic rings. The van der Waals surface area contributed by atoms with Crippen LogP contribution in [0, 0.1) is 5.92 Å². The minimum Gasteiger partial charge on any atom is -0.388 e. The van der Waals surface area contributed by atoms with E-state index in [4.69, 9.17) is 0 Å². The molecule has 2 aliphatic rings. The molecule has 138 valence electrons. The van der Waals surface area contributed by atoms with Crippen LogP contribution in [0.1, 0.15) is 50.2 Å². The SMILES string of the molecule is CC(=O)N1CCC(C(=O)N2CCCC(c3nnc(CO)n3C)C2)CC1. The number of aliphatic hydroxyl groups excluding tert-OH is 1. The molecule has 0 aliphatic carbocycles. The van der Waals surface area contributed by atoms with Gasteiger partial charge in [-0.3, -0.25) is 9.59 Å². The zero-order valence-corrected chi connectivity index (χ0v) is 15.0. The number of piperidine rings is 2. The Hall–Kier alpha value is -1.96. The molecular formula is C17H27N5O3. The highest BCUT2D eigenvalue weighted by Crippen LogP contribution is 2.28. The van der Waals surface area contributed by atoms with E-state index < -0.39 is 0 Å². The predicted molar refractivity (Wildman–Crippen MR) is 90.5 cm³/mol. The molecule has 3 rings (SSSR count). The Balaban J connectivity index is 1.62. The van der Waals surface area contributed by atoms with Gasteiger partial charge in [0.05, 0.1) is 0 Å². The van der Waals surface area contributed by atoms with Gasteiger partial charge in [-0.2, -0.15) is 0 Å². The highest BCUT2D eigenvalue weighted by Gasteiger charge is 2.33. The summed E-state index contributed by atoms with van der Waals surface area (Å²) in [5.41, 5.74) is 0. The lowest BCUT2D eigenvalue weighted by Crippen LogP contribution is -2.46. The fraction of sp³-hybridized carbons (Fsp3) is 0.765. The summed E-state index contributed by atoms with van der Waals surface area (Å²) in [7, 11) is 1.86.